The van der Waals surface area contributed by atoms with Crippen molar-refractivity contribution in [2.75, 3.05) is 29.9 Å². The van der Waals surface area contributed by atoms with Crippen LogP contribution >= 0.6 is 11.5 Å². The molecule has 0 unspecified atom stereocenters. The summed E-state index contributed by atoms with van der Waals surface area (Å²) in [6.45, 7) is 5.03. The zero-order chi connectivity index (χ0) is 26.9. The van der Waals surface area contributed by atoms with Crippen molar-refractivity contribution < 1.29 is 4.79 Å². The molecule has 3 aliphatic rings. The third kappa shape index (κ3) is 5.34. The normalized spacial score (nSPS) is 21.9. The highest BCUT2D eigenvalue weighted by molar-refractivity contribution is 7.10. The van der Waals surface area contributed by atoms with Gasteiger partial charge in [-0.2, -0.15) is 9.64 Å². The number of hydrogen-bond donors (Lipinski definition) is 3. The second-order valence-electron chi connectivity index (χ2n) is 11.0. The Hall–Kier alpha value is -3.55. The van der Waals surface area contributed by atoms with Crippen LogP contribution in [0, 0.1) is 11.3 Å². The molecule has 4 N–H and O–H groups in total. The molecule has 3 fully saturated rings. The molecule has 2 saturated heterocycles. The minimum Gasteiger partial charge on any atom is -0.366 e. The maximum absolute atomic E-state index is 12.4. The van der Waals surface area contributed by atoms with Gasteiger partial charge in [-0.15, -0.1) is 0 Å². The van der Waals surface area contributed by atoms with E-state index in [0.717, 1.165) is 67.4 Å². The van der Waals surface area contributed by atoms with Crippen LogP contribution < -0.4 is 21.3 Å². The van der Waals surface area contributed by atoms with E-state index < -0.39 is 0 Å². The number of anilines is 3. The Morgan fingerprint density at radius 1 is 1.18 bits per heavy atom. The maximum atomic E-state index is 12.4. The Balaban J connectivity index is 1.26. The molecule has 3 aromatic rings. The lowest BCUT2D eigenvalue weighted by atomic mass is 9.81. The first-order valence-electron chi connectivity index (χ1n) is 13.9. The summed E-state index contributed by atoms with van der Waals surface area (Å²) in [5.74, 6) is 1.98. The van der Waals surface area contributed by atoms with Crippen molar-refractivity contribution in [2.45, 2.75) is 69.2 Å². The summed E-state index contributed by atoms with van der Waals surface area (Å²) in [6.07, 6.45) is 8.19. The van der Waals surface area contributed by atoms with Crippen LogP contribution in [0.25, 0.3) is 0 Å². The number of hydrogen-bond acceptors (Lipinski definition) is 9. The quantitative estimate of drug-likeness (QED) is 0.389. The summed E-state index contributed by atoms with van der Waals surface area (Å²) in [7, 11) is 0. The number of carbonyl (C=O) groups excluding carboxylic acids is 1. The van der Waals surface area contributed by atoms with Gasteiger partial charge in [-0.25, -0.2) is 9.97 Å². The molecule has 1 aliphatic carbocycles. The molecule has 2 atom stereocenters. The van der Waals surface area contributed by atoms with Gasteiger partial charge >= 0.3 is 0 Å². The molecule has 202 valence electrons. The van der Waals surface area contributed by atoms with Gasteiger partial charge in [0.05, 0.1) is 11.9 Å². The minimum atomic E-state index is -0.380. The van der Waals surface area contributed by atoms with Crippen molar-refractivity contribution in [1.82, 2.24) is 19.7 Å². The van der Waals surface area contributed by atoms with E-state index >= 15 is 0 Å². The first-order valence-corrected chi connectivity index (χ1v) is 14.7. The number of nitrogens with zero attached hydrogens (tertiary/aromatic N) is 5. The van der Waals surface area contributed by atoms with Gasteiger partial charge in [0.2, 0.25) is 5.91 Å². The van der Waals surface area contributed by atoms with Crippen molar-refractivity contribution in [3.8, 4) is 6.07 Å². The van der Waals surface area contributed by atoms with E-state index in [-0.39, 0.29) is 23.6 Å². The molecule has 2 aromatic heterocycles. The molecule has 0 radical (unpaired) electrons. The molecule has 0 bridgehead atoms. The van der Waals surface area contributed by atoms with Gasteiger partial charge in [-0.1, -0.05) is 12.1 Å². The fourth-order valence-electron chi connectivity index (χ4n) is 6.13. The van der Waals surface area contributed by atoms with Gasteiger partial charge in [-0.05, 0) is 99.2 Å². The van der Waals surface area contributed by atoms with Crippen LogP contribution in [0.5, 0.6) is 0 Å². The fraction of sp³-hybridized carbons (Fsp3) is 0.483. The number of nitrogens with two attached hydrogens (primary N) is 1. The number of benzene rings is 1. The van der Waals surface area contributed by atoms with E-state index in [9.17, 15) is 10.1 Å². The van der Waals surface area contributed by atoms with Crippen LogP contribution in [0.1, 0.15) is 96.1 Å². The maximum Gasteiger partial charge on any atom is 0.248 e. The van der Waals surface area contributed by atoms with Gasteiger partial charge in [0.25, 0.3) is 0 Å². The first-order chi connectivity index (χ1) is 19.0. The lowest BCUT2D eigenvalue weighted by Crippen LogP contribution is -2.43. The predicted molar refractivity (Wildman–Crippen MR) is 153 cm³/mol. The molecule has 39 heavy (non-hydrogen) atoms. The van der Waals surface area contributed by atoms with Crippen LogP contribution in [-0.2, 0) is 0 Å². The Morgan fingerprint density at radius 3 is 2.74 bits per heavy atom. The Kier molecular flexibility index (Phi) is 7.19. The minimum absolute atomic E-state index is 0.0799. The summed E-state index contributed by atoms with van der Waals surface area (Å²) in [4.78, 5) is 23.9. The third-order valence-electron chi connectivity index (χ3n) is 8.46. The molecule has 6 rings (SSSR count). The summed E-state index contributed by atoms with van der Waals surface area (Å²) in [5.41, 5.74) is 10.1. The van der Waals surface area contributed by atoms with E-state index in [2.05, 4.69) is 56.1 Å². The van der Waals surface area contributed by atoms with E-state index in [1.54, 1.807) is 6.20 Å². The number of piperidine rings is 2. The zero-order valence-corrected chi connectivity index (χ0v) is 23.0. The molecule has 1 saturated carbocycles. The van der Waals surface area contributed by atoms with E-state index in [1.807, 2.05) is 6.07 Å². The average molecular weight is 543 g/mol. The lowest BCUT2D eigenvalue weighted by Gasteiger charge is -2.41. The molecular formula is C29H34N8OS. The van der Waals surface area contributed by atoms with E-state index in [1.165, 1.54) is 29.9 Å². The highest BCUT2D eigenvalue weighted by Gasteiger charge is 2.34. The van der Waals surface area contributed by atoms with Crippen molar-refractivity contribution >= 4 is 34.1 Å². The van der Waals surface area contributed by atoms with Crippen molar-refractivity contribution in [3.05, 3.63) is 58.5 Å². The number of aromatic nitrogens is 3. The second kappa shape index (κ2) is 10.9. The lowest BCUT2D eigenvalue weighted by molar-refractivity contribution is 0.0998. The predicted octanol–water partition coefficient (Wildman–Crippen LogP) is 4.76. The van der Waals surface area contributed by atoms with Gasteiger partial charge in [0.15, 0.2) is 11.5 Å². The number of carbonyl (C=O) groups is 1. The average Bonchev–Trinajstić information content (AvgIpc) is 3.71. The topological polar surface area (TPSA) is 133 Å². The number of nitriles is 1. The molecule has 2 aliphatic heterocycles. The summed E-state index contributed by atoms with van der Waals surface area (Å²) >= 11 is 1.39. The molecule has 10 heteroatoms. The zero-order valence-electron chi connectivity index (χ0n) is 22.2. The highest BCUT2D eigenvalue weighted by atomic mass is 32.1. The molecule has 0 spiro atoms. The number of amides is 1. The Bertz CT molecular complexity index is 1400. The van der Waals surface area contributed by atoms with E-state index in [0.29, 0.717) is 23.2 Å². The SMILES string of the molecule is C[C@@H]1[C@@H](c2cc(C3CC3)ccc2C(N)=O)CCCN1c1cnc(C#N)c(Nc2cc(C3CCNCC3)ns2)n1. The van der Waals surface area contributed by atoms with Crippen LogP contribution in [0.4, 0.5) is 16.6 Å². The van der Waals surface area contributed by atoms with Crippen LogP contribution in [0.15, 0.2) is 30.5 Å². The van der Waals surface area contributed by atoms with Gasteiger partial charge < -0.3 is 21.3 Å². The van der Waals surface area contributed by atoms with Gasteiger partial charge in [0.1, 0.15) is 16.9 Å². The second-order valence-corrected chi connectivity index (χ2v) is 11.8. The standard InChI is InChI=1S/C29H34N8OS/c1-17-21(23-13-20(18-4-5-18)6-7-22(23)28(31)38)3-2-12-37(17)26-16-33-25(15-30)29(34-26)35-27-14-24(36-39-27)19-8-10-32-11-9-19/h6-7,13-14,16-19,21,32H,2-5,8-12H2,1H3,(H2,31,38)(H,34,35)/t17-,21+/m1/s1. The summed E-state index contributed by atoms with van der Waals surface area (Å²) < 4.78 is 4.68. The highest BCUT2D eigenvalue weighted by Crippen LogP contribution is 2.43. The summed E-state index contributed by atoms with van der Waals surface area (Å²) in [5, 5.41) is 17.3. The van der Waals surface area contributed by atoms with Crippen molar-refractivity contribution in [3.63, 3.8) is 0 Å². The third-order valence-corrected chi connectivity index (χ3v) is 9.18. The fourth-order valence-corrected chi connectivity index (χ4v) is 6.85. The molecule has 1 amide bonds. The number of rotatable bonds is 7. The number of nitrogens with one attached hydrogen (secondary N) is 2. The number of primary amides is 1. The smallest absolute Gasteiger partial charge is 0.248 e. The monoisotopic (exact) mass is 542 g/mol. The van der Waals surface area contributed by atoms with Crippen LogP contribution in [0.2, 0.25) is 0 Å². The van der Waals surface area contributed by atoms with Crippen LogP contribution in [-0.4, -0.2) is 45.9 Å². The van der Waals surface area contributed by atoms with E-state index in [4.69, 9.17) is 10.7 Å². The van der Waals surface area contributed by atoms with Crippen molar-refractivity contribution in [1.29, 1.82) is 5.26 Å². The van der Waals surface area contributed by atoms with Crippen molar-refractivity contribution in [2.24, 2.45) is 5.73 Å². The Morgan fingerprint density at radius 2 is 2.00 bits per heavy atom. The van der Waals surface area contributed by atoms with Gasteiger partial charge in [0, 0.05) is 30.0 Å². The van der Waals surface area contributed by atoms with Gasteiger partial charge in [-0.3, -0.25) is 4.79 Å². The molecule has 1 aromatic carbocycles. The molecular weight excluding hydrogens is 508 g/mol. The molecule has 4 heterocycles. The molecule has 9 nitrogen and oxygen atoms in total. The largest absolute Gasteiger partial charge is 0.366 e. The summed E-state index contributed by atoms with van der Waals surface area (Å²) in [6, 6.07) is 10.5. The first kappa shape index (κ1) is 25.7. The Labute approximate surface area is 233 Å². The van der Waals surface area contributed by atoms with Crippen LogP contribution in [0.3, 0.4) is 0 Å².